The highest BCUT2D eigenvalue weighted by molar-refractivity contribution is 5.94. The van der Waals surface area contributed by atoms with Gasteiger partial charge in [-0.3, -0.25) is 9.59 Å². The van der Waals surface area contributed by atoms with Crippen LogP contribution in [0.4, 0.5) is 0 Å². The number of carbonyl (C=O) groups excluding carboxylic acids is 2. The maximum atomic E-state index is 11.4. The third-order valence-electron chi connectivity index (χ3n) is 4.33. The second-order valence-corrected chi connectivity index (χ2v) is 6.12. The van der Waals surface area contributed by atoms with Crippen LogP contribution in [-0.4, -0.2) is 11.9 Å². The first-order valence-corrected chi connectivity index (χ1v) is 7.15. The van der Waals surface area contributed by atoms with Crippen LogP contribution in [0.25, 0.3) is 0 Å². The Kier molecular flexibility index (Phi) is 5.36. The highest BCUT2D eigenvalue weighted by atomic mass is 16.6. The topological polar surface area (TPSA) is 43.4 Å². The van der Waals surface area contributed by atoms with Gasteiger partial charge in [-0.2, -0.15) is 0 Å². The van der Waals surface area contributed by atoms with Crippen LogP contribution in [0.2, 0.25) is 0 Å². The van der Waals surface area contributed by atoms with Crippen molar-refractivity contribution in [2.75, 3.05) is 0 Å². The van der Waals surface area contributed by atoms with Crippen LogP contribution in [0.1, 0.15) is 66.2 Å². The van der Waals surface area contributed by atoms with E-state index in [0.717, 1.165) is 12.8 Å². The van der Waals surface area contributed by atoms with Gasteiger partial charge in [0, 0.05) is 0 Å². The van der Waals surface area contributed by atoms with E-state index in [1.165, 1.54) is 19.3 Å². The Morgan fingerprint density at radius 3 is 2.44 bits per heavy atom. The predicted octanol–water partition coefficient (Wildman–Crippen LogP) is 3.71. The van der Waals surface area contributed by atoms with E-state index in [0.29, 0.717) is 5.92 Å². The molecule has 3 nitrogen and oxygen atoms in total. The Labute approximate surface area is 110 Å². The van der Waals surface area contributed by atoms with Crippen LogP contribution in [0.15, 0.2) is 0 Å². The number of carbonyl (C=O) groups is 2. The van der Waals surface area contributed by atoms with Crippen molar-refractivity contribution in [2.45, 2.75) is 66.2 Å². The van der Waals surface area contributed by atoms with Gasteiger partial charge in [0.1, 0.15) is 0 Å². The predicted molar refractivity (Wildman–Crippen MR) is 70.9 cm³/mol. The first kappa shape index (κ1) is 15.2. The Morgan fingerprint density at radius 2 is 2.00 bits per heavy atom. The van der Waals surface area contributed by atoms with Gasteiger partial charge < -0.3 is 4.74 Å². The van der Waals surface area contributed by atoms with Gasteiger partial charge >= 0.3 is 11.9 Å². The molecule has 2 unspecified atom stereocenters. The van der Waals surface area contributed by atoms with Gasteiger partial charge in [0.05, 0.1) is 12.3 Å². The van der Waals surface area contributed by atoms with Crippen LogP contribution in [0.3, 0.4) is 0 Å². The highest BCUT2D eigenvalue weighted by Gasteiger charge is 2.35. The zero-order chi connectivity index (χ0) is 13.8. The van der Waals surface area contributed by atoms with Crippen LogP contribution in [0.5, 0.6) is 0 Å². The maximum absolute atomic E-state index is 11.4. The van der Waals surface area contributed by atoms with E-state index in [-0.39, 0.29) is 29.7 Å². The molecular formula is C15H26O3. The number of ether oxygens (including phenoxy) is 1. The first-order valence-electron chi connectivity index (χ1n) is 7.15. The average Bonchev–Trinajstić information content (AvgIpc) is 2.62. The van der Waals surface area contributed by atoms with Gasteiger partial charge in [-0.15, -0.1) is 0 Å². The highest BCUT2D eigenvalue weighted by Crippen LogP contribution is 2.39. The summed E-state index contributed by atoms with van der Waals surface area (Å²) >= 11 is 0. The summed E-state index contributed by atoms with van der Waals surface area (Å²) in [5.41, 5.74) is 0.233. The summed E-state index contributed by atoms with van der Waals surface area (Å²) in [6.45, 7) is 9.00. The summed E-state index contributed by atoms with van der Waals surface area (Å²) < 4.78 is 4.60. The number of rotatable bonds is 7. The molecule has 0 spiro atoms. The van der Waals surface area contributed by atoms with Gasteiger partial charge in [0.25, 0.3) is 0 Å². The lowest BCUT2D eigenvalue weighted by Gasteiger charge is -2.34. The monoisotopic (exact) mass is 254 g/mol. The smallest absolute Gasteiger partial charge is 0.317 e. The van der Waals surface area contributed by atoms with E-state index in [9.17, 15) is 9.59 Å². The molecule has 3 heteroatoms. The van der Waals surface area contributed by atoms with Gasteiger partial charge in [-0.1, -0.05) is 47.0 Å². The standard InChI is InChI=1S/C15H26O3/c1-5-7-12(6-2)15(3,4)9-8-11-10-13(16)18-14(11)17/h11-12H,5-10H2,1-4H3. The lowest BCUT2D eigenvalue weighted by Crippen LogP contribution is -2.25. The molecule has 104 valence electrons. The van der Waals surface area contributed by atoms with Gasteiger partial charge in [-0.25, -0.2) is 0 Å². The number of cyclic esters (lactones) is 2. The number of esters is 2. The van der Waals surface area contributed by atoms with E-state index in [1.807, 2.05) is 0 Å². The van der Waals surface area contributed by atoms with Crippen molar-refractivity contribution >= 4 is 11.9 Å². The molecule has 0 aliphatic carbocycles. The molecule has 0 amide bonds. The number of hydrogen-bond acceptors (Lipinski definition) is 3. The quantitative estimate of drug-likeness (QED) is 0.514. The molecule has 18 heavy (non-hydrogen) atoms. The fraction of sp³-hybridized carbons (Fsp3) is 0.867. The minimum absolute atomic E-state index is 0.198. The van der Waals surface area contributed by atoms with E-state index in [2.05, 4.69) is 32.4 Å². The van der Waals surface area contributed by atoms with E-state index < -0.39 is 0 Å². The zero-order valence-corrected chi connectivity index (χ0v) is 12.1. The van der Waals surface area contributed by atoms with Crippen LogP contribution >= 0.6 is 0 Å². The van der Waals surface area contributed by atoms with Crippen molar-refractivity contribution in [1.29, 1.82) is 0 Å². The molecule has 0 aromatic rings. The largest absolute Gasteiger partial charge is 0.393 e. The molecule has 0 radical (unpaired) electrons. The SMILES string of the molecule is CCCC(CC)C(C)(C)CCC1CC(=O)OC1=O. The summed E-state index contributed by atoms with van der Waals surface area (Å²) in [4.78, 5) is 22.5. The lowest BCUT2D eigenvalue weighted by molar-refractivity contribution is -0.153. The summed E-state index contributed by atoms with van der Waals surface area (Å²) in [6, 6.07) is 0. The van der Waals surface area contributed by atoms with Crippen molar-refractivity contribution in [3.8, 4) is 0 Å². The van der Waals surface area contributed by atoms with Crippen molar-refractivity contribution in [3.05, 3.63) is 0 Å². The molecule has 0 bridgehead atoms. The maximum Gasteiger partial charge on any atom is 0.317 e. The molecule has 2 atom stereocenters. The zero-order valence-electron chi connectivity index (χ0n) is 12.1. The van der Waals surface area contributed by atoms with E-state index in [4.69, 9.17) is 0 Å². The Balaban J connectivity index is 2.50. The molecule has 1 aliphatic heterocycles. The van der Waals surface area contributed by atoms with Gasteiger partial charge in [0.2, 0.25) is 0 Å². The summed E-state index contributed by atoms with van der Waals surface area (Å²) in [6.07, 6.45) is 5.65. The molecule has 1 saturated heterocycles. The normalized spacial score (nSPS) is 22.1. The van der Waals surface area contributed by atoms with Crippen LogP contribution in [-0.2, 0) is 14.3 Å². The minimum atomic E-state index is -0.358. The molecular weight excluding hydrogens is 228 g/mol. The second-order valence-electron chi connectivity index (χ2n) is 6.12. The lowest BCUT2D eigenvalue weighted by atomic mass is 9.71. The molecule has 0 aromatic heterocycles. The minimum Gasteiger partial charge on any atom is -0.393 e. The van der Waals surface area contributed by atoms with Crippen molar-refractivity contribution in [2.24, 2.45) is 17.3 Å². The van der Waals surface area contributed by atoms with Crippen LogP contribution in [0, 0.1) is 17.3 Å². The van der Waals surface area contributed by atoms with E-state index >= 15 is 0 Å². The van der Waals surface area contributed by atoms with Crippen molar-refractivity contribution < 1.29 is 14.3 Å². The summed E-state index contributed by atoms with van der Waals surface area (Å²) in [5.74, 6) is -0.186. The van der Waals surface area contributed by atoms with Crippen molar-refractivity contribution in [1.82, 2.24) is 0 Å². The molecule has 1 aliphatic rings. The van der Waals surface area contributed by atoms with E-state index in [1.54, 1.807) is 0 Å². The van der Waals surface area contributed by atoms with Gasteiger partial charge in [-0.05, 0) is 24.2 Å². The second kappa shape index (κ2) is 6.35. The van der Waals surface area contributed by atoms with Crippen molar-refractivity contribution in [3.63, 3.8) is 0 Å². The third kappa shape index (κ3) is 3.82. The molecule has 0 saturated carbocycles. The molecule has 1 fully saturated rings. The number of hydrogen-bond donors (Lipinski definition) is 0. The Bertz CT molecular complexity index is 307. The fourth-order valence-electron chi connectivity index (χ4n) is 2.99. The first-order chi connectivity index (χ1) is 8.40. The third-order valence-corrected chi connectivity index (χ3v) is 4.33. The Morgan fingerprint density at radius 1 is 1.33 bits per heavy atom. The van der Waals surface area contributed by atoms with Crippen LogP contribution < -0.4 is 0 Å². The average molecular weight is 254 g/mol. The summed E-state index contributed by atoms with van der Waals surface area (Å²) in [5, 5.41) is 0. The Hall–Kier alpha value is -0.860. The molecule has 0 aromatic carbocycles. The molecule has 1 rings (SSSR count). The molecule has 0 N–H and O–H groups in total. The molecule has 1 heterocycles. The summed E-state index contributed by atoms with van der Waals surface area (Å²) in [7, 11) is 0. The fourth-order valence-corrected chi connectivity index (χ4v) is 2.99. The van der Waals surface area contributed by atoms with Gasteiger partial charge in [0.15, 0.2) is 0 Å².